The predicted molar refractivity (Wildman–Crippen MR) is 90.9 cm³/mol. The van der Waals surface area contributed by atoms with Gasteiger partial charge in [0, 0.05) is 17.8 Å². The number of carbonyl (C=O) groups is 1. The highest BCUT2D eigenvalue weighted by molar-refractivity contribution is 7.13. The molecule has 2 rings (SSSR count). The number of halogens is 2. The van der Waals surface area contributed by atoms with Crippen LogP contribution in [0.2, 0.25) is 0 Å². The Morgan fingerprint density at radius 2 is 1.95 bits per heavy atom. The van der Waals surface area contributed by atoms with Crippen molar-refractivity contribution in [2.75, 3.05) is 5.73 Å². The number of hydrogen-bond donors (Lipinski definition) is 3. The lowest BCUT2D eigenvalue weighted by Gasteiger charge is -2.11. The normalized spacial score (nSPS) is 10.9. The molecule has 1 unspecified atom stereocenters. The molecule has 0 saturated heterocycles. The summed E-state index contributed by atoms with van der Waals surface area (Å²) in [4.78, 5) is 15.8. The molecule has 0 radical (unpaired) electrons. The van der Waals surface area contributed by atoms with Gasteiger partial charge < -0.3 is 16.8 Å². The summed E-state index contributed by atoms with van der Waals surface area (Å²) in [5.41, 5.74) is 13.2. The van der Waals surface area contributed by atoms with Crippen molar-refractivity contribution in [2.45, 2.75) is 19.0 Å². The largest absolute Gasteiger partial charge is 0.375 e. The number of nitrogens with one attached hydrogen (secondary N) is 1. The van der Waals surface area contributed by atoms with E-state index in [1.807, 2.05) is 35.7 Å². The SMILES string of the molecule is Cl.Cl.Nc1nc(CNC(=O)CC(N)c2ccccc2)cs1. The molecule has 0 aliphatic carbocycles. The molecule has 0 aliphatic rings. The fraction of sp³-hybridized carbons (Fsp3) is 0.231. The van der Waals surface area contributed by atoms with Crippen LogP contribution in [0.5, 0.6) is 0 Å². The Balaban J connectivity index is 0.00000200. The van der Waals surface area contributed by atoms with Crippen LogP contribution in [0, 0.1) is 0 Å². The van der Waals surface area contributed by atoms with Gasteiger partial charge in [0.2, 0.25) is 5.91 Å². The Morgan fingerprint density at radius 1 is 1.29 bits per heavy atom. The Labute approximate surface area is 140 Å². The van der Waals surface area contributed by atoms with Crippen LogP contribution in [-0.4, -0.2) is 10.9 Å². The van der Waals surface area contributed by atoms with Crippen molar-refractivity contribution in [2.24, 2.45) is 5.73 Å². The van der Waals surface area contributed by atoms with Gasteiger partial charge in [0.25, 0.3) is 0 Å². The molecule has 1 aromatic carbocycles. The summed E-state index contributed by atoms with van der Waals surface area (Å²) in [6.07, 6.45) is 0.254. The molecular weight excluding hydrogens is 331 g/mol. The highest BCUT2D eigenvalue weighted by Crippen LogP contribution is 2.13. The van der Waals surface area contributed by atoms with Gasteiger partial charge in [-0.2, -0.15) is 0 Å². The number of rotatable bonds is 5. The Kier molecular flexibility index (Phi) is 8.96. The summed E-state index contributed by atoms with van der Waals surface area (Å²) in [5, 5.41) is 5.11. The molecule has 116 valence electrons. The van der Waals surface area contributed by atoms with Gasteiger partial charge in [-0.1, -0.05) is 30.3 Å². The van der Waals surface area contributed by atoms with Crippen LogP contribution in [-0.2, 0) is 11.3 Å². The Hall–Kier alpha value is -1.34. The van der Waals surface area contributed by atoms with Gasteiger partial charge >= 0.3 is 0 Å². The van der Waals surface area contributed by atoms with Gasteiger partial charge in [-0.05, 0) is 5.56 Å². The van der Waals surface area contributed by atoms with Gasteiger partial charge in [-0.15, -0.1) is 36.2 Å². The van der Waals surface area contributed by atoms with E-state index in [2.05, 4.69) is 10.3 Å². The standard InChI is InChI=1S/C13H16N4OS.2ClH/c14-11(9-4-2-1-3-5-9)6-12(18)16-7-10-8-19-13(15)17-10;;/h1-5,8,11H,6-7,14H2,(H2,15,17)(H,16,18);2*1H. The predicted octanol–water partition coefficient (Wildman–Crippen LogP) is 2.28. The first-order chi connectivity index (χ1) is 9.15. The number of nitrogens with two attached hydrogens (primary N) is 2. The second kappa shape index (κ2) is 9.57. The monoisotopic (exact) mass is 348 g/mol. The number of thiazole rings is 1. The minimum Gasteiger partial charge on any atom is -0.375 e. The maximum Gasteiger partial charge on any atom is 0.222 e. The molecule has 21 heavy (non-hydrogen) atoms. The number of benzene rings is 1. The average molecular weight is 349 g/mol. The topological polar surface area (TPSA) is 94.0 Å². The maximum absolute atomic E-state index is 11.8. The van der Waals surface area contributed by atoms with E-state index in [-0.39, 0.29) is 43.2 Å². The number of hydrogen-bond acceptors (Lipinski definition) is 5. The number of carbonyl (C=O) groups excluding carboxylic acids is 1. The molecule has 1 aromatic heterocycles. The Bertz CT molecular complexity index is 550. The van der Waals surface area contributed by atoms with Crippen molar-refractivity contribution >= 4 is 47.2 Å². The van der Waals surface area contributed by atoms with Crippen LogP contribution in [0.25, 0.3) is 0 Å². The zero-order valence-electron chi connectivity index (χ0n) is 11.2. The minimum atomic E-state index is -0.290. The molecule has 1 amide bonds. The van der Waals surface area contributed by atoms with E-state index in [0.29, 0.717) is 11.7 Å². The Morgan fingerprint density at radius 3 is 2.52 bits per heavy atom. The van der Waals surface area contributed by atoms with E-state index in [1.165, 1.54) is 11.3 Å². The third kappa shape index (κ3) is 6.31. The second-order valence-corrected chi connectivity index (χ2v) is 5.06. The molecule has 2 aromatic rings. The van der Waals surface area contributed by atoms with E-state index in [9.17, 15) is 4.79 Å². The summed E-state index contributed by atoms with van der Waals surface area (Å²) in [6.45, 7) is 0.383. The lowest BCUT2D eigenvalue weighted by molar-refractivity contribution is -0.121. The van der Waals surface area contributed by atoms with Crippen LogP contribution >= 0.6 is 36.2 Å². The maximum atomic E-state index is 11.8. The minimum absolute atomic E-state index is 0. The number of aromatic nitrogens is 1. The van der Waals surface area contributed by atoms with Gasteiger partial charge in [-0.3, -0.25) is 4.79 Å². The second-order valence-electron chi connectivity index (χ2n) is 4.18. The van der Waals surface area contributed by atoms with Crippen LogP contribution in [0.4, 0.5) is 5.13 Å². The van der Waals surface area contributed by atoms with Crippen LogP contribution in [0.1, 0.15) is 23.7 Å². The smallest absolute Gasteiger partial charge is 0.222 e. The first kappa shape index (κ1) is 19.7. The molecule has 5 N–H and O–H groups in total. The van der Waals surface area contributed by atoms with Crippen LogP contribution in [0.15, 0.2) is 35.7 Å². The van der Waals surface area contributed by atoms with Crippen molar-refractivity contribution < 1.29 is 4.79 Å². The van der Waals surface area contributed by atoms with E-state index in [0.717, 1.165) is 11.3 Å². The van der Waals surface area contributed by atoms with E-state index >= 15 is 0 Å². The lowest BCUT2D eigenvalue weighted by atomic mass is 10.0. The average Bonchev–Trinajstić information content (AvgIpc) is 2.83. The lowest BCUT2D eigenvalue weighted by Crippen LogP contribution is -2.27. The number of anilines is 1. The quantitative estimate of drug-likeness (QED) is 0.772. The first-order valence-electron chi connectivity index (χ1n) is 5.92. The van der Waals surface area contributed by atoms with Crippen molar-refractivity contribution in [3.63, 3.8) is 0 Å². The molecule has 0 bridgehead atoms. The van der Waals surface area contributed by atoms with Crippen molar-refractivity contribution in [3.8, 4) is 0 Å². The van der Waals surface area contributed by atoms with E-state index in [4.69, 9.17) is 11.5 Å². The zero-order chi connectivity index (χ0) is 13.7. The molecule has 5 nitrogen and oxygen atoms in total. The third-order valence-corrected chi connectivity index (χ3v) is 3.39. The first-order valence-corrected chi connectivity index (χ1v) is 6.80. The fourth-order valence-corrected chi connectivity index (χ4v) is 2.25. The molecule has 0 fully saturated rings. The molecule has 0 saturated carbocycles. The van der Waals surface area contributed by atoms with Gasteiger partial charge in [-0.25, -0.2) is 4.98 Å². The summed E-state index contributed by atoms with van der Waals surface area (Å²) in [6, 6.07) is 9.28. The molecule has 8 heteroatoms. The van der Waals surface area contributed by atoms with Crippen LogP contribution in [0.3, 0.4) is 0 Å². The van der Waals surface area contributed by atoms with Gasteiger partial charge in [0.15, 0.2) is 5.13 Å². The van der Waals surface area contributed by atoms with Gasteiger partial charge in [0.05, 0.1) is 12.2 Å². The fourth-order valence-electron chi connectivity index (χ4n) is 1.68. The highest BCUT2D eigenvalue weighted by Gasteiger charge is 2.11. The number of nitrogen functional groups attached to an aromatic ring is 1. The summed E-state index contributed by atoms with van der Waals surface area (Å²) < 4.78 is 0. The van der Waals surface area contributed by atoms with Crippen LogP contribution < -0.4 is 16.8 Å². The summed E-state index contributed by atoms with van der Waals surface area (Å²) >= 11 is 1.36. The van der Waals surface area contributed by atoms with Gasteiger partial charge in [0.1, 0.15) is 0 Å². The molecule has 1 heterocycles. The molecule has 1 atom stereocenters. The van der Waals surface area contributed by atoms with Crippen molar-refractivity contribution in [1.82, 2.24) is 10.3 Å². The number of amides is 1. The third-order valence-electron chi connectivity index (χ3n) is 2.67. The van der Waals surface area contributed by atoms with E-state index < -0.39 is 0 Å². The molecule has 0 aliphatic heterocycles. The molecular formula is C13H18Cl2N4OS. The summed E-state index contributed by atoms with van der Waals surface area (Å²) in [7, 11) is 0. The van der Waals surface area contributed by atoms with Crippen molar-refractivity contribution in [1.29, 1.82) is 0 Å². The number of nitrogens with zero attached hydrogens (tertiary/aromatic N) is 1. The summed E-state index contributed by atoms with van der Waals surface area (Å²) in [5.74, 6) is -0.0945. The molecule has 0 spiro atoms. The zero-order valence-corrected chi connectivity index (χ0v) is 13.6. The van der Waals surface area contributed by atoms with Crippen molar-refractivity contribution in [3.05, 3.63) is 47.0 Å². The highest BCUT2D eigenvalue weighted by atomic mass is 35.5. The van der Waals surface area contributed by atoms with E-state index in [1.54, 1.807) is 0 Å².